The average Bonchev–Trinajstić information content (AvgIpc) is 2.82. The molecule has 0 aromatic rings. The van der Waals surface area contributed by atoms with Crippen LogP contribution < -0.4 is 0 Å². The number of hydrogen-bond acceptors (Lipinski definition) is 11. The van der Waals surface area contributed by atoms with Gasteiger partial charge in [-0.2, -0.15) is 0 Å². The van der Waals surface area contributed by atoms with Crippen LogP contribution in [-0.2, 0) is 52.5 Å². The SMILES string of the molecule is COC(=O)[C@]12CCC(C)(C)C[C@H]1[C@H]1C(=O)C=C3[C@@]4(C)CCC(=O)C(C)(C)[C@@H]4[C@H](OC(C)=O)C[C@@]3(C)[C@]1(C)CC2.COC(=O)[C@]12CCC(C)(C)C[C@H]1[C@H]1C(=O)C=C3[C@@]4(C)CC[C@H](C)C(C)(C)[C@@H]4[C@H](OC(C)=O)C[C@@]3(C)[C@]1(C)CC2. The normalized spacial score (nSPS) is 47.0. The molecule has 78 heavy (non-hydrogen) atoms. The first-order chi connectivity index (χ1) is 35.8. The van der Waals surface area contributed by atoms with E-state index in [1.807, 2.05) is 26.0 Å². The summed E-state index contributed by atoms with van der Waals surface area (Å²) in [5.41, 5.74) is -1.56. The number of rotatable bonds is 4. The molecule has 0 radical (unpaired) electrons. The molecule has 11 heteroatoms. The minimum Gasteiger partial charge on any atom is -0.469 e. The van der Waals surface area contributed by atoms with Crippen molar-refractivity contribution in [1.29, 1.82) is 0 Å². The van der Waals surface area contributed by atoms with Gasteiger partial charge in [-0.05, 0) is 175 Å². The molecule has 0 N–H and O–H groups in total. The molecule has 11 nitrogen and oxygen atoms in total. The second-order valence-corrected chi connectivity index (χ2v) is 32.0. The second kappa shape index (κ2) is 18.4. The van der Waals surface area contributed by atoms with Crippen LogP contribution in [0.5, 0.6) is 0 Å². The number of carbonyl (C=O) groups is 7. The Bertz CT molecular complexity index is 2630. The minimum absolute atomic E-state index is 0.0310. The molecule has 0 unspecified atom stereocenters. The summed E-state index contributed by atoms with van der Waals surface area (Å²) in [4.78, 5) is 94.1. The Labute approximate surface area is 468 Å². The van der Waals surface area contributed by atoms with Crippen LogP contribution in [0.15, 0.2) is 23.3 Å². The lowest BCUT2D eigenvalue weighted by atomic mass is 9.33. The van der Waals surface area contributed by atoms with Crippen molar-refractivity contribution in [3.63, 3.8) is 0 Å². The van der Waals surface area contributed by atoms with E-state index in [4.69, 9.17) is 18.9 Å². The van der Waals surface area contributed by atoms with Crippen LogP contribution >= 0.6 is 0 Å². The van der Waals surface area contributed by atoms with Crippen LogP contribution in [0.2, 0.25) is 0 Å². The van der Waals surface area contributed by atoms with Crippen molar-refractivity contribution < 1.29 is 52.5 Å². The molecule has 0 bridgehead atoms. The third-order valence-corrected chi connectivity index (χ3v) is 26.6. The Morgan fingerprint density at radius 3 is 1.28 bits per heavy atom. The van der Waals surface area contributed by atoms with Gasteiger partial charge >= 0.3 is 23.9 Å². The summed E-state index contributed by atoms with van der Waals surface area (Å²) in [5.74, 6) is -0.563. The molecule has 17 atom stereocenters. The number of carbonyl (C=O) groups excluding carboxylic acids is 7. The summed E-state index contributed by atoms with van der Waals surface area (Å²) < 4.78 is 23.3. The van der Waals surface area contributed by atoms with Crippen molar-refractivity contribution in [3.8, 4) is 0 Å². The molecule has 8 fully saturated rings. The Hall–Kier alpha value is -3.63. The van der Waals surface area contributed by atoms with Crippen LogP contribution in [0.4, 0.5) is 0 Å². The highest BCUT2D eigenvalue weighted by atomic mass is 16.5. The molecule has 0 heterocycles. The monoisotopic (exact) mass is 1080 g/mol. The van der Waals surface area contributed by atoms with Gasteiger partial charge in [0.1, 0.15) is 18.0 Å². The molecule has 434 valence electrons. The van der Waals surface area contributed by atoms with Crippen molar-refractivity contribution in [3.05, 3.63) is 23.3 Å². The van der Waals surface area contributed by atoms with Gasteiger partial charge in [0.15, 0.2) is 11.6 Å². The zero-order chi connectivity index (χ0) is 57.9. The highest BCUT2D eigenvalue weighted by molar-refractivity contribution is 5.97. The van der Waals surface area contributed by atoms with Crippen LogP contribution in [0.3, 0.4) is 0 Å². The molecule has 0 aromatic heterocycles. The largest absolute Gasteiger partial charge is 0.469 e. The minimum atomic E-state index is -0.671. The van der Waals surface area contributed by atoms with Gasteiger partial charge in [-0.1, -0.05) is 115 Å². The Morgan fingerprint density at radius 1 is 0.500 bits per heavy atom. The smallest absolute Gasteiger partial charge is 0.312 e. The number of Topliss-reactive ketones (excluding diaryl/α,β-unsaturated/α-hetero) is 1. The highest BCUT2D eigenvalue weighted by Crippen LogP contribution is 2.78. The third-order valence-electron chi connectivity index (χ3n) is 26.6. The Balaban J connectivity index is 0.000000190. The maximum atomic E-state index is 14.5. The molecule has 8 saturated carbocycles. The standard InChI is InChI=1S/C34H52O5.C33H48O6/c1-20-11-12-31(7)25-17-23(36)26-22-18-29(3,4)13-15-34(22,28(37)38-10)16-14-32(26,8)33(25,9)19-24(39-21(2)35)27(31)30(20,5)6;1-19(34)39-22-18-32(8)23(30(6)11-10-24(36)29(4,5)26(22)30)16-21(35)25-20-17-28(2,3)12-14-33(20,27(37)38-9)15-13-31(25,32)7/h17,20,22,24,26-27H,11-16,18-19H2,1-10H3;16,20,22,25-26H,10-15,17-18H2,1-9H3/t20-,22-,24+,26-,27-,31+,32+,33+,34-;20-,22+,25-,26-,30+,31+,32+,33-/m00/s1. The van der Waals surface area contributed by atoms with E-state index in [1.54, 1.807) is 0 Å². The van der Waals surface area contributed by atoms with Gasteiger partial charge in [0.2, 0.25) is 0 Å². The fraction of sp³-hybridized carbons (Fsp3) is 0.836. The maximum Gasteiger partial charge on any atom is 0.312 e. The summed E-state index contributed by atoms with van der Waals surface area (Å²) in [6.07, 6.45) is 15.9. The fourth-order valence-corrected chi connectivity index (χ4v) is 22.0. The van der Waals surface area contributed by atoms with E-state index in [2.05, 4.69) is 90.0 Å². The highest BCUT2D eigenvalue weighted by Gasteiger charge is 2.75. The number of ether oxygens (including phenoxy) is 4. The second-order valence-electron chi connectivity index (χ2n) is 32.0. The van der Waals surface area contributed by atoms with E-state index in [1.165, 1.54) is 33.6 Å². The molecular formula is C67H100O11. The van der Waals surface area contributed by atoms with E-state index < -0.39 is 38.6 Å². The van der Waals surface area contributed by atoms with Gasteiger partial charge in [0, 0.05) is 49.4 Å². The molecule has 0 aliphatic heterocycles. The van der Waals surface area contributed by atoms with Crippen molar-refractivity contribution >= 4 is 41.2 Å². The summed E-state index contributed by atoms with van der Waals surface area (Å²) in [6, 6.07) is 0. The molecule has 10 aliphatic carbocycles. The number of hydrogen-bond donors (Lipinski definition) is 0. The molecule has 0 spiro atoms. The maximum absolute atomic E-state index is 14.5. The zero-order valence-corrected chi connectivity index (χ0v) is 51.7. The van der Waals surface area contributed by atoms with Crippen molar-refractivity contribution in [2.75, 3.05) is 14.2 Å². The van der Waals surface area contributed by atoms with Crippen molar-refractivity contribution in [2.45, 2.75) is 233 Å². The van der Waals surface area contributed by atoms with E-state index >= 15 is 0 Å². The lowest BCUT2D eigenvalue weighted by molar-refractivity contribution is -0.211. The van der Waals surface area contributed by atoms with Gasteiger partial charge in [-0.25, -0.2) is 0 Å². The summed E-state index contributed by atoms with van der Waals surface area (Å²) in [7, 11) is 2.98. The number of allylic oxidation sites excluding steroid dienone is 4. The van der Waals surface area contributed by atoms with Gasteiger partial charge < -0.3 is 18.9 Å². The first-order valence-corrected chi connectivity index (χ1v) is 30.4. The van der Waals surface area contributed by atoms with Gasteiger partial charge in [0.25, 0.3) is 0 Å². The number of methoxy groups -OCH3 is 2. The van der Waals surface area contributed by atoms with E-state index in [0.29, 0.717) is 31.6 Å². The Morgan fingerprint density at radius 2 is 0.885 bits per heavy atom. The predicted octanol–water partition coefficient (Wildman–Crippen LogP) is 13.6. The zero-order valence-electron chi connectivity index (χ0n) is 51.7. The quantitative estimate of drug-likeness (QED) is 0.195. The lowest BCUT2D eigenvalue weighted by Crippen LogP contribution is -2.68. The molecule has 10 aliphatic rings. The van der Waals surface area contributed by atoms with Gasteiger partial charge in [0.05, 0.1) is 25.0 Å². The van der Waals surface area contributed by atoms with Crippen LogP contribution in [0.1, 0.15) is 220 Å². The van der Waals surface area contributed by atoms with Crippen LogP contribution in [0.25, 0.3) is 0 Å². The number of esters is 4. The summed E-state index contributed by atoms with van der Waals surface area (Å²) in [6.45, 7) is 36.8. The summed E-state index contributed by atoms with van der Waals surface area (Å²) in [5, 5.41) is 0. The fourth-order valence-electron chi connectivity index (χ4n) is 22.0. The Kier molecular flexibility index (Phi) is 13.9. The van der Waals surface area contributed by atoms with Crippen molar-refractivity contribution in [2.24, 2.45) is 106 Å². The number of fused-ring (bicyclic) bond motifs is 14. The van der Waals surface area contributed by atoms with Gasteiger partial charge in [-0.3, -0.25) is 33.6 Å². The molecule has 0 aromatic carbocycles. The molecule has 10 rings (SSSR count). The predicted molar refractivity (Wildman–Crippen MR) is 299 cm³/mol. The van der Waals surface area contributed by atoms with Crippen LogP contribution in [-0.4, -0.2) is 67.7 Å². The van der Waals surface area contributed by atoms with Crippen molar-refractivity contribution in [1.82, 2.24) is 0 Å². The van der Waals surface area contributed by atoms with E-state index in [-0.39, 0.29) is 115 Å². The molecule has 0 saturated heterocycles. The van der Waals surface area contributed by atoms with E-state index in [9.17, 15) is 33.6 Å². The first kappa shape index (κ1) is 59.0. The average molecular weight is 1080 g/mol. The summed E-state index contributed by atoms with van der Waals surface area (Å²) >= 11 is 0. The topological polar surface area (TPSA) is 156 Å². The number of ketones is 3. The first-order valence-electron chi connectivity index (χ1n) is 30.4. The van der Waals surface area contributed by atoms with Gasteiger partial charge in [-0.15, -0.1) is 0 Å². The van der Waals surface area contributed by atoms with E-state index in [0.717, 1.165) is 82.6 Å². The molecule has 0 amide bonds. The third kappa shape index (κ3) is 8.02. The molecular weight excluding hydrogens is 981 g/mol. The van der Waals surface area contributed by atoms with Crippen LogP contribution in [0, 0.1) is 106 Å². The lowest BCUT2D eigenvalue weighted by Gasteiger charge is -2.71.